The van der Waals surface area contributed by atoms with E-state index < -0.39 is 7.12 Å². The van der Waals surface area contributed by atoms with Gasteiger partial charge in [0.05, 0.1) is 4.47 Å². The van der Waals surface area contributed by atoms with Crippen molar-refractivity contribution in [2.75, 3.05) is 0 Å². The van der Waals surface area contributed by atoms with Gasteiger partial charge in [0.2, 0.25) is 0 Å². The lowest BCUT2D eigenvalue weighted by atomic mass is 9.80. The lowest BCUT2D eigenvalue weighted by molar-refractivity contribution is 0.426. The van der Waals surface area contributed by atoms with Gasteiger partial charge in [-0.25, -0.2) is 19.9 Å². The van der Waals surface area contributed by atoms with Gasteiger partial charge in [-0.15, -0.1) is 0 Å². The Hall–Kier alpha value is -2.94. The van der Waals surface area contributed by atoms with Crippen molar-refractivity contribution in [3.8, 4) is 11.1 Å². The van der Waals surface area contributed by atoms with Gasteiger partial charge >= 0.3 is 7.12 Å². The second-order valence-corrected chi connectivity index (χ2v) is 7.25. The average molecular weight is 465 g/mol. The third-order valence-electron chi connectivity index (χ3n) is 3.85. The summed E-state index contributed by atoms with van der Waals surface area (Å²) in [7, 11) is -1.35. The summed E-state index contributed by atoms with van der Waals surface area (Å²) in [6.07, 6.45) is 10.0. The van der Waals surface area contributed by atoms with E-state index >= 15 is 0 Å². The molecule has 8 heteroatoms. The Bertz CT molecular complexity index is 987. The molecular weight excluding hydrogens is 443 g/mol. The van der Waals surface area contributed by atoms with Gasteiger partial charge in [0.25, 0.3) is 0 Å². The first-order chi connectivity index (χ1) is 14.5. The molecule has 30 heavy (non-hydrogen) atoms. The van der Waals surface area contributed by atoms with Crippen LogP contribution in [0.5, 0.6) is 0 Å². The first-order valence-corrected chi connectivity index (χ1v) is 9.90. The Morgan fingerprint density at radius 2 is 1.07 bits per heavy atom. The van der Waals surface area contributed by atoms with Crippen molar-refractivity contribution in [2.24, 2.45) is 0 Å². The Morgan fingerprint density at radius 3 is 1.47 bits per heavy atom. The fraction of sp³-hybridized carbons (Fsp3) is 0.0909. The van der Waals surface area contributed by atoms with Crippen LogP contribution in [0.25, 0.3) is 11.1 Å². The number of aromatic nitrogens is 4. The predicted molar refractivity (Wildman–Crippen MR) is 123 cm³/mol. The molecule has 2 aromatic carbocycles. The molecule has 0 aliphatic carbocycles. The van der Waals surface area contributed by atoms with Gasteiger partial charge in [-0.3, -0.25) is 0 Å². The zero-order chi connectivity index (χ0) is 21.8. The maximum atomic E-state index is 8.67. The molecule has 6 nitrogen and oxygen atoms in total. The minimum atomic E-state index is -1.35. The summed E-state index contributed by atoms with van der Waals surface area (Å²) in [6, 6.07) is 15.4. The summed E-state index contributed by atoms with van der Waals surface area (Å²) in [6.45, 7) is 4.03. The molecular formula is C22H22BBrN4O2. The lowest BCUT2D eigenvalue weighted by Gasteiger charge is -1.99. The molecule has 2 aromatic heterocycles. The Kier molecular flexibility index (Phi) is 9.80. The van der Waals surface area contributed by atoms with Crippen LogP contribution in [0.2, 0.25) is 0 Å². The van der Waals surface area contributed by atoms with Crippen LogP contribution in [0, 0.1) is 13.8 Å². The fourth-order valence-corrected chi connectivity index (χ4v) is 2.45. The van der Waals surface area contributed by atoms with E-state index in [2.05, 4.69) is 67.1 Å². The standard InChI is InChI=1S/C11H10N2.C7H9BO2.C4H3BrN2/c1-9-2-4-10(5-3-9)11-6-12-8-13-7-11;1-6-2-4-7(5-3-6)8(9)10;5-4-1-6-3-7-2-4/h2-8H,1H3;2-5,9-10H,1H3;1-3H. The molecule has 2 N–H and O–H groups in total. The van der Waals surface area contributed by atoms with E-state index in [0.29, 0.717) is 5.46 Å². The zero-order valence-corrected chi connectivity index (χ0v) is 18.3. The van der Waals surface area contributed by atoms with Crippen LogP contribution in [0.3, 0.4) is 0 Å². The summed E-state index contributed by atoms with van der Waals surface area (Å²) in [5.74, 6) is 0. The van der Waals surface area contributed by atoms with Crippen molar-refractivity contribution >= 4 is 28.5 Å². The summed E-state index contributed by atoms with van der Waals surface area (Å²) < 4.78 is 0.912. The van der Waals surface area contributed by atoms with E-state index in [1.54, 1.807) is 24.5 Å². The Morgan fingerprint density at radius 1 is 0.633 bits per heavy atom. The fourth-order valence-electron chi connectivity index (χ4n) is 2.21. The van der Waals surface area contributed by atoms with E-state index in [-0.39, 0.29) is 0 Å². The Labute approximate surface area is 185 Å². The van der Waals surface area contributed by atoms with Crippen molar-refractivity contribution < 1.29 is 10.0 Å². The molecule has 0 saturated heterocycles. The molecule has 0 amide bonds. The van der Waals surface area contributed by atoms with E-state index in [0.717, 1.165) is 21.2 Å². The number of aryl methyl sites for hydroxylation is 2. The molecule has 0 fully saturated rings. The summed E-state index contributed by atoms with van der Waals surface area (Å²) in [5.41, 5.74) is 5.13. The number of hydrogen-bond acceptors (Lipinski definition) is 6. The molecule has 0 atom stereocenters. The van der Waals surface area contributed by atoms with Crippen molar-refractivity contribution in [3.05, 3.63) is 102 Å². The van der Waals surface area contributed by atoms with Gasteiger partial charge in [-0.2, -0.15) is 0 Å². The maximum Gasteiger partial charge on any atom is 0.488 e. The number of halogens is 1. The third kappa shape index (κ3) is 8.61. The van der Waals surface area contributed by atoms with Crippen LogP contribution in [0.15, 0.2) is 90.4 Å². The van der Waals surface area contributed by atoms with Gasteiger partial charge < -0.3 is 10.0 Å². The molecule has 2 heterocycles. The van der Waals surface area contributed by atoms with Crippen LogP contribution in [-0.4, -0.2) is 37.1 Å². The molecule has 152 valence electrons. The third-order valence-corrected chi connectivity index (χ3v) is 4.26. The first kappa shape index (κ1) is 23.3. The number of nitrogens with zero attached hydrogens (tertiary/aromatic N) is 4. The van der Waals surface area contributed by atoms with E-state index in [1.165, 1.54) is 18.2 Å². The smallest absolute Gasteiger partial charge is 0.423 e. The van der Waals surface area contributed by atoms with Crippen LogP contribution in [-0.2, 0) is 0 Å². The minimum absolute atomic E-state index is 0.533. The van der Waals surface area contributed by atoms with Crippen LogP contribution < -0.4 is 5.46 Å². The van der Waals surface area contributed by atoms with E-state index in [1.807, 2.05) is 31.5 Å². The summed E-state index contributed by atoms with van der Waals surface area (Å²) >= 11 is 3.19. The predicted octanol–water partition coefficient (Wildman–Crippen LogP) is 3.37. The van der Waals surface area contributed by atoms with Gasteiger partial charge in [0.1, 0.15) is 12.7 Å². The van der Waals surface area contributed by atoms with Crippen LogP contribution >= 0.6 is 15.9 Å². The minimum Gasteiger partial charge on any atom is -0.423 e. The maximum absolute atomic E-state index is 8.67. The monoisotopic (exact) mass is 464 g/mol. The topological polar surface area (TPSA) is 92.0 Å². The van der Waals surface area contributed by atoms with Crippen molar-refractivity contribution in [2.45, 2.75) is 13.8 Å². The summed E-state index contributed by atoms with van der Waals surface area (Å²) in [5, 5.41) is 17.3. The van der Waals surface area contributed by atoms with Crippen molar-refractivity contribution in [1.82, 2.24) is 19.9 Å². The second-order valence-electron chi connectivity index (χ2n) is 6.33. The highest BCUT2D eigenvalue weighted by molar-refractivity contribution is 9.10. The molecule has 0 saturated carbocycles. The number of benzene rings is 2. The number of hydrogen-bond donors (Lipinski definition) is 2. The van der Waals surface area contributed by atoms with Crippen molar-refractivity contribution in [3.63, 3.8) is 0 Å². The molecule has 0 spiro atoms. The average Bonchev–Trinajstić information content (AvgIpc) is 2.77. The van der Waals surface area contributed by atoms with E-state index in [4.69, 9.17) is 10.0 Å². The molecule has 0 aliphatic rings. The normalized spacial score (nSPS) is 9.50. The molecule has 0 unspecified atom stereocenters. The quantitative estimate of drug-likeness (QED) is 0.442. The molecule has 0 aliphatic heterocycles. The second kappa shape index (κ2) is 12.6. The highest BCUT2D eigenvalue weighted by atomic mass is 79.9. The Balaban J connectivity index is 0.000000168. The van der Waals surface area contributed by atoms with Crippen LogP contribution in [0.4, 0.5) is 0 Å². The van der Waals surface area contributed by atoms with Gasteiger partial charge in [0, 0.05) is 30.4 Å². The van der Waals surface area contributed by atoms with Crippen molar-refractivity contribution in [1.29, 1.82) is 0 Å². The van der Waals surface area contributed by atoms with Crippen LogP contribution in [0.1, 0.15) is 11.1 Å². The van der Waals surface area contributed by atoms with Gasteiger partial charge in [-0.1, -0.05) is 59.7 Å². The summed E-state index contributed by atoms with van der Waals surface area (Å²) in [4.78, 5) is 15.4. The molecule has 4 rings (SSSR count). The highest BCUT2D eigenvalue weighted by Crippen LogP contribution is 2.16. The molecule has 4 aromatic rings. The lowest BCUT2D eigenvalue weighted by Crippen LogP contribution is -2.29. The zero-order valence-electron chi connectivity index (χ0n) is 16.7. The van der Waals surface area contributed by atoms with Gasteiger partial charge in [0.15, 0.2) is 0 Å². The first-order valence-electron chi connectivity index (χ1n) is 9.11. The SMILES string of the molecule is Brc1cncnc1.Cc1ccc(-c2cncnc2)cc1.Cc1ccc(B(O)O)cc1. The molecule has 0 bridgehead atoms. The molecule has 0 radical (unpaired) electrons. The van der Waals surface area contributed by atoms with E-state index in [9.17, 15) is 0 Å². The number of rotatable bonds is 2. The highest BCUT2D eigenvalue weighted by Gasteiger charge is 2.08. The largest absolute Gasteiger partial charge is 0.488 e. The van der Waals surface area contributed by atoms with Gasteiger partial charge in [-0.05, 0) is 40.8 Å².